The Balaban J connectivity index is 1.20. The highest BCUT2D eigenvalue weighted by molar-refractivity contribution is 6.34. The standard InChI is InChI=1S/C25H30ClN5O2/c1-23(32)17-3-4-18(23)10-29(9-17)22-6-21-16(5-20(22)26)7-28-31(21)19-8-27-30(11-19)25-12-24(13-25,14-25)15-33-2/h5-8,11,17-18,32H,3-4,9-10,12-15H2,1-2H3/t17-,18+,23?,24?,25?. The number of hydrogen-bond acceptors (Lipinski definition) is 5. The van der Waals surface area contributed by atoms with Crippen molar-refractivity contribution >= 4 is 28.2 Å². The van der Waals surface area contributed by atoms with E-state index in [2.05, 4.69) is 26.9 Å². The van der Waals surface area contributed by atoms with E-state index in [1.165, 1.54) is 0 Å². The van der Waals surface area contributed by atoms with Gasteiger partial charge in [0.15, 0.2) is 0 Å². The van der Waals surface area contributed by atoms with E-state index in [0.717, 1.165) is 79.1 Å². The van der Waals surface area contributed by atoms with E-state index in [1.807, 2.05) is 30.1 Å². The second-order valence-corrected chi connectivity index (χ2v) is 11.8. The molecule has 4 bridgehead atoms. The van der Waals surface area contributed by atoms with Crippen LogP contribution in [0.2, 0.25) is 5.02 Å². The smallest absolute Gasteiger partial charge is 0.103 e. The Morgan fingerprint density at radius 2 is 1.85 bits per heavy atom. The lowest BCUT2D eigenvalue weighted by atomic mass is 9.39. The maximum atomic E-state index is 10.9. The summed E-state index contributed by atoms with van der Waals surface area (Å²) in [6, 6.07) is 4.18. The number of ether oxygens (including phenoxy) is 1. The first kappa shape index (κ1) is 20.3. The van der Waals surface area contributed by atoms with Crippen LogP contribution in [-0.4, -0.2) is 57.1 Å². The predicted molar refractivity (Wildman–Crippen MR) is 127 cm³/mol. The lowest BCUT2D eigenvalue weighted by molar-refractivity contribution is -0.217. The zero-order chi connectivity index (χ0) is 22.6. The zero-order valence-electron chi connectivity index (χ0n) is 19.2. The molecule has 5 fully saturated rings. The van der Waals surface area contributed by atoms with Crippen molar-refractivity contribution in [3.63, 3.8) is 0 Å². The molecule has 1 unspecified atom stereocenters. The fraction of sp³-hybridized carbons (Fsp3) is 0.600. The van der Waals surface area contributed by atoms with Gasteiger partial charge in [0.25, 0.3) is 0 Å². The van der Waals surface area contributed by atoms with Gasteiger partial charge in [0.2, 0.25) is 0 Å². The second-order valence-electron chi connectivity index (χ2n) is 11.4. The molecule has 4 saturated carbocycles. The minimum absolute atomic E-state index is 0.165. The van der Waals surface area contributed by atoms with E-state index >= 15 is 0 Å². The van der Waals surface area contributed by atoms with Gasteiger partial charge in [-0.15, -0.1) is 0 Å². The summed E-state index contributed by atoms with van der Waals surface area (Å²) in [5, 5.41) is 22.1. The number of methoxy groups -OCH3 is 1. The highest BCUT2D eigenvalue weighted by Crippen LogP contribution is 2.71. The minimum atomic E-state index is -0.563. The number of aromatic nitrogens is 4. The molecule has 4 aliphatic carbocycles. The van der Waals surface area contributed by atoms with E-state index in [0.29, 0.717) is 17.3 Å². The van der Waals surface area contributed by atoms with Crippen molar-refractivity contribution < 1.29 is 9.84 Å². The molecular formula is C25H30ClN5O2. The maximum Gasteiger partial charge on any atom is 0.103 e. The zero-order valence-corrected chi connectivity index (χ0v) is 19.9. The third-order valence-electron chi connectivity index (χ3n) is 9.24. The molecular weight excluding hydrogens is 438 g/mol. The number of hydrogen-bond donors (Lipinski definition) is 1. The van der Waals surface area contributed by atoms with Crippen LogP contribution in [0.3, 0.4) is 0 Å². The van der Waals surface area contributed by atoms with Gasteiger partial charge >= 0.3 is 0 Å². The van der Waals surface area contributed by atoms with Gasteiger partial charge < -0.3 is 14.7 Å². The molecule has 3 heterocycles. The molecule has 0 spiro atoms. The van der Waals surface area contributed by atoms with Crippen LogP contribution >= 0.6 is 11.6 Å². The second kappa shape index (κ2) is 6.52. The summed E-state index contributed by atoms with van der Waals surface area (Å²) in [5.41, 5.74) is 3.03. The summed E-state index contributed by atoms with van der Waals surface area (Å²) in [6.45, 7) is 4.54. The quantitative estimate of drug-likeness (QED) is 0.614. The van der Waals surface area contributed by atoms with E-state index in [9.17, 15) is 5.11 Å². The molecule has 2 aromatic heterocycles. The minimum Gasteiger partial charge on any atom is -0.389 e. The molecule has 0 amide bonds. The summed E-state index contributed by atoms with van der Waals surface area (Å²) < 4.78 is 9.53. The van der Waals surface area contributed by atoms with Crippen molar-refractivity contribution in [2.24, 2.45) is 17.3 Å². The van der Waals surface area contributed by atoms with Crippen molar-refractivity contribution in [3.8, 4) is 5.69 Å². The van der Waals surface area contributed by atoms with Crippen molar-refractivity contribution in [1.29, 1.82) is 0 Å². The van der Waals surface area contributed by atoms with Gasteiger partial charge in [0.1, 0.15) is 5.69 Å². The fourth-order valence-corrected chi connectivity index (χ4v) is 7.77. The van der Waals surface area contributed by atoms with Gasteiger partial charge in [-0.1, -0.05) is 11.6 Å². The van der Waals surface area contributed by atoms with Gasteiger partial charge in [-0.25, -0.2) is 4.68 Å². The van der Waals surface area contributed by atoms with Crippen molar-refractivity contribution in [3.05, 3.63) is 35.7 Å². The Morgan fingerprint density at radius 3 is 2.55 bits per heavy atom. The predicted octanol–water partition coefficient (Wildman–Crippen LogP) is 4.00. The van der Waals surface area contributed by atoms with Crippen LogP contribution in [-0.2, 0) is 10.3 Å². The van der Waals surface area contributed by atoms with Crippen LogP contribution in [0.1, 0.15) is 39.0 Å². The highest BCUT2D eigenvalue weighted by Gasteiger charge is 2.69. The highest BCUT2D eigenvalue weighted by atomic mass is 35.5. The van der Waals surface area contributed by atoms with Gasteiger partial charge in [0, 0.05) is 42.8 Å². The van der Waals surface area contributed by atoms with E-state index in [4.69, 9.17) is 21.4 Å². The Morgan fingerprint density at radius 1 is 1.12 bits per heavy atom. The van der Waals surface area contributed by atoms with Crippen LogP contribution in [0.5, 0.6) is 0 Å². The van der Waals surface area contributed by atoms with Crippen LogP contribution < -0.4 is 4.90 Å². The average molecular weight is 468 g/mol. The third kappa shape index (κ3) is 2.70. The first-order chi connectivity index (χ1) is 15.8. The number of rotatable bonds is 5. The number of fused-ring (bicyclic) bond motifs is 3. The Labute approximate surface area is 198 Å². The molecule has 33 heavy (non-hydrogen) atoms. The summed E-state index contributed by atoms with van der Waals surface area (Å²) in [7, 11) is 1.79. The third-order valence-corrected chi connectivity index (χ3v) is 9.54. The van der Waals surface area contributed by atoms with Crippen LogP contribution in [0.15, 0.2) is 30.7 Å². The van der Waals surface area contributed by atoms with Gasteiger partial charge in [-0.3, -0.25) is 4.68 Å². The average Bonchev–Trinajstić information content (AvgIpc) is 3.36. The molecule has 1 aliphatic heterocycles. The summed E-state index contributed by atoms with van der Waals surface area (Å²) in [6.07, 6.45) is 11.5. The molecule has 1 N–H and O–H groups in total. The van der Waals surface area contributed by atoms with Gasteiger partial charge in [-0.2, -0.15) is 10.2 Å². The normalized spacial score (nSPS) is 36.8. The molecule has 8 heteroatoms. The number of piperidine rings is 1. The van der Waals surface area contributed by atoms with Crippen molar-refractivity contribution in [2.75, 3.05) is 31.7 Å². The topological polar surface area (TPSA) is 68.3 Å². The van der Waals surface area contributed by atoms with E-state index in [1.54, 1.807) is 7.11 Å². The van der Waals surface area contributed by atoms with Crippen molar-refractivity contribution in [2.45, 2.75) is 50.2 Å². The number of benzene rings is 1. The maximum absolute atomic E-state index is 10.9. The number of halogens is 1. The summed E-state index contributed by atoms with van der Waals surface area (Å²) in [5.74, 6) is 0.584. The fourth-order valence-electron chi connectivity index (χ4n) is 7.48. The molecule has 1 aromatic carbocycles. The van der Waals surface area contributed by atoms with Crippen LogP contribution in [0.25, 0.3) is 16.6 Å². The number of aliphatic hydroxyl groups is 1. The Hall–Kier alpha value is -2.09. The molecule has 1 saturated heterocycles. The molecule has 3 atom stereocenters. The molecule has 8 rings (SSSR count). The monoisotopic (exact) mass is 467 g/mol. The molecule has 5 aliphatic rings. The van der Waals surface area contributed by atoms with Gasteiger partial charge in [-0.05, 0) is 51.2 Å². The summed E-state index contributed by atoms with van der Waals surface area (Å²) >= 11 is 6.75. The van der Waals surface area contributed by atoms with Crippen LogP contribution in [0, 0.1) is 17.3 Å². The molecule has 0 radical (unpaired) electrons. The SMILES string of the molecule is COCC12CC(n3cc(-n4ncc5cc(Cl)c(N6C[C@H]7CC[C@@H](C6)C7(C)O)cc54)cn3)(C1)C2. The van der Waals surface area contributed by atoms with Crippen molar-refractivity contribution in [1.82, 2.24) is 19.6 Å². The van der Waals surface area contributed by atoms with Crippen LogP contribution in [0.4, 0.5) is 5.69 Å². The first-order valence-electron chi connectivity index (χ1n) is 12.0. The molecule has 3 aromatic rings. The largest absolute Gasteiger partial charge is 0.389 e. The molecule has 174 valence electrons. The molecule has 7 nitrogen and oxygen atoms in total. The lowest BCUT2D eigenvalue weighted by Gasteiger charge is -2.70. The van der Waals surface area contributed by atoms with E-state index in [-0.39, 0.29) is 5.54 Å². The number of anilines is 1. The number of nitrogens with zero attached hydrogens (tertiary/aromatic N) is 5. The summed E-state index contributed by atoms with van der Waals surface area (Å²) in [4.78, 5) is 2.36. The lowest BCUT2D eigenvalue weighted by Crippen LogP contribution is -2.69. The first-order valence-corrected chi connectivity index (χ1v) is 12.4. The van der Waals surface area contributed by atoms with Gasteiger partial charge in [0.05, 0.1) is 52.6 Å². The van der Waals surface area contributed by atoms with E-state index < -0.39 is 5.60 Å². The Kier molecular flexibility index (Phi) is 4.01. The Bertz CT molecular complexity index is 1230.